The van der Waals surface area contributed by atoms with E-state index in [1.165, 1.54) is 20.2 Å². The summed E-state index contributed by atoms with van der Waals surface area (Å²) in [5.41, 5.74) is 1.61. The Labute approximate surface area is 164 Å². The molecule has 2 aliphatic heterocycles. The SMILES string of the molecule is CCCN1C(=O)C(=O)N(CN2CCCc3cc(S(=O)(=O)N(C)C)ccc32)C1=O. The Morgan fingerprint density at radius 1 is 1.07 bits per heavy atom. The van der Waals surface area contributed by atoms with E-state index in [0.29, 0.717) is 19.4 Å². The largest absolute Gasteiger partial charge is 0.353 e. The van der Waals surface area contributed by atoms with Gasteiger partial charge in [0.25, 0.3) is 0 Å². The lowest BCUT2D eigenvalue weighted by Gasteiger charge is -2.33. The molecule has 2 aliphatic rings. The van der Waals surface area contributed by atoms with E-state index in [2.05, 4.69) is 0 Å². The summed E-state index contributed by atoms with van der Waals surface area (Å²) in [6.45, 7) is 2.61. The Morgan fingerprint density at radius 2 is 1.75 bits per heavy atom. The highest BCUT2D eigenvalue weighted by molar-refractivity contribution is 7.89. The van der Waals surface area contributed by atoms with Gasteiger partial charge in [0.1, 0.15) is 6.67 Å². The molecule has 28 heavy (non-hydrogen) atoms. The van der Waals surface area contributed by atoms with E-state index in [9.17, 15) is 22.8 Å². The lowest BCUT2D eigenvalue weighted by atomic mass is 10.0. The van der Waals surface area contributed by atoms with Crippen molar-refractivity contribution in [3.8, 4) is 0 Å². The predicted octanol–water partition coefficient (Wildman–Crippen LogP) is 0.848. The number of imide groups is 2. The maximum absolute atomic E-state index is 12.5. The number of hydrogen-bond acceptors (Lipinski definition) is 6. The second-order valence-corrected chi connectivity index (χ2v) is 9.21. The highest BCUT2D eigenvalue weighted by Crippen LogP contribution is 2.30. The molecule has 0 bridgehead atoms. The van der Waals surface area contributed by atoms with E-state index in [0.717, 1.165) is 31.8 Å². The molecule has 9 nitrogen and oxygen atoms in total. The summed E-state index contributed by atoms with van der Waals surface area (Å²) in [5.74, 6) is -1.62. The zero-order valence-electron chi connectivity index (χ0n) is 16.2. The van der Waals surface area contributed by atoms with Crippen molar-refractivity contribution in [2.45, 2.75) is 31.1 Å². The molecular formula is C18H24N4O5S. The summed E-state index contributed by atoms with van der Waals surface area (Å²) in [4.78, 5) is 40.7. The lowest BCUT2D eigenvalue weighted by molar-refractivity contribution is -0.143. The molecular weight excluding hydrogens is 384 g/mol. The molecule has 0 saturated carbocycles. The van der Waals surface area contributed by atoms with Crippen LogP contribution < -0.4 is 4.90 Å². The van der Waals surface area contributed by atoms with Gasteiger partial charge in [-0.1, -0.05) is 6.92 Å². The van der Waals surface area contributed by atoms with E-state index >= 15 is 0 Å². The Kier molecular flexibility index (Phi) is 5.44. The molecule has 1 saturated heterocycles. The normalized spacial score (nSPS) is 17.7. The van der Waals surface area contributed by atoms with Crippen LogP contribution >= 0.6 is 0 Å². The number of rotatable bonds is 6. The van der Waals surface area contributed by atoms with Crippen LogP contribution in [0, 0.1) is 0 Å². The molecule has 0 N–H and O–H groups in total. The Morgan fingerprint density at radius 3 is 2.39 bits per heavy atom. The minimum atomic E-state index is -3.54. The second kappa shape index (κ2) is 7.51. The van der Waals surface area contributed by atoms with Gasteiger partial charge in [0.05, 0.1) is 4.90 Å². The van der Waals surface area contributed by atoms with Gasteiger partial charge in [-0.25, -0.2) is 22.4 Å². The first-order chi connectivity index (χ1) is 13.2. The highest BCUT2D eigenvalue weighted by atomic mass is 32.2. The van der Waals surface area contributed by atoms with Crippen LogP contribution in [0.5, 0.6) is 0 Å². The summed E-state index contributed by atoms with van der Waals surface area (Å²) < 4.78 is 25.9. The van der Waals surface area contributed by atoms with Crippen molar-refractivity contribution >= 4 is 33.6 Å². The van der Waals surface area contributed by atoms with E-state index in [1.807, 2.05) is 11.8 Å². The first-order valence-electron chi connectivity index (χ1n) is 9.16. The fraction of sp³-hybridized carbons (Fsp3) is 0.500. The van der Waals surface area contributed by atoms with Gasteiger partial charge in [0.2, 0.25) is 10.0 Å². The molecule has 10 heteroatoms. The molecule has 0 spiro atoms. The van der Waals surface area contributed by atoms with Gasteiger partial charge >= 0.3 is 17.8 Å². The van der Waals surface area contributed by atoms with Gasteiger partial charge < -0.3 is 4.90 Å². The average molecular weight is 408 g/mol. The molecule has 3 rings (SSSR count). The Bertz CT molecular complexity index is 928. The van der Waals surface area contributed by atoms with Gasteiger partial charge in [-0.3, -0.25) is 14.5 Å². The van der Waals surface area contributed by atoms with Crippen molar-refractivity contribution < 1.29 is 22.8 Å². The van der Waals surface area contributed by atoms with Gasteiger partial charge in [0.15, 0.2) is 0 Å². The zero-order valence-corrected chi connectivity index (χ0v) is 17.0. The predicted molar refractivity (Wildman–Crippen MR) is 102 cm³/mol. The van der Waals surface area contributed by atoms with Gasteiger partial charge in [-0.15, -0.1) is 0 Å². The molecule has 1 aromatic rings. The summed E-state index contributed by atoms with van der Waals surface area (Å²) >= 11 is 0. The van der Waals surface area contributed by atoms with Crippen molar-refractivity contribution in [2.24, 2.45) is 0 Å². The van der Waals surface area contributed by atoms with Crippen LogP contribution in [0.3, 0.4) is 0 Å². The maximum Gasteiger partial charge on any atom is 0.335 e. The number of hydrogen-bond donors (Lipinski definition) is 0. The molecule has 152 valence electrons. The first-order valence-corrected chi connectivity index (χ1v) is 10.6. The number of carbonyl (C=O) groups is 3. The molecule has 0 atom stereocenters. The van der Waals surface area contributed by atoms with Crippen LogP contribution in [0.1, 0.15) is 25.3 Å². The Hall–Kier alpha value is -2.46. The monoisotopic (exact) mass is 408 g/mol. The number of amides is 4. The summed E-state index contributed by atoms with van der Waals surface area (Å²) in [5, 5.41) is 0. The van der Waals surface area contributed by atoms with E-state index in [-0.39, 0.29) is 18.1 Å². The topological polar surface area (TPSA) is 98.3 Å². The number of anilines is 1. The lowest BCUT2D eigenvalue weighted by Crippen LogP contribution is -2.44. The van der Waals surface area contributed by atoms with Crippen LogP contribution in [-0.2, 0) is 26.0 Å². The molecule has 4 amide bonds. The van der Waals surface area contributed by atoms with Crippen molar-refractivity contribution in [1.29, 1.82) is 0 Å². The molecule has 0 aliphatic carbocycles. The minimum Gasteiger partial charge on any atom is -0.353 e. The van der Waals surface area contributed by atoms with Crippen LogP contribution in [0.25, 0.3) is 0 Å². The third-order valence-electron chi connectivity index (χ3n) is 4.94. The van der Waals surface area contributed by atoms with Crippen molar-refractivity contribution in [3.05, 3.63) is 23.8 Å². The number of nitrogens with zero attached hydrogens (tertiary/aromatic N) is 4. The number of fused-ring (bicyclic) bond motifs is 1. The van der Waals surface area contributed by atoms with Crippen LogP contribution in [0.2, 0.25) is 0 Å². The number of carbonyl (C=O) groups excluding carboxylic acids is 3. The van der Waals surface area contributed by atoms with Crippen LogP contribution in [0.15, 0.2) is 23.1 Å². The number of benzene rings is 1. The van der Waals surface area contributed by atoms with Gasteiger partial charge in [0, 0.05) is 32.9 Å². The molecule has 0 aromatic heterocycles. The fourth-order valence-corrected chi connectivity index (χ4v) is 4.39. The maximum atomic E-state index is 12.5. The fourth-order valence-electron chi connectivity index (χ4n) is 3.44. The quantitative estimate of drug-likeness (QED) is 0.511. The molecule has 1 aromatic carbocycles. The molecule has 0 radical (unpaired) electrons. The smallest absolute Gasteiger partial charge is 0.335 e. The third kappa shape index (κ3) is 3.37. The van der Waals surface area contributed by atoms with Gasteiger partial charge in [-0.2, -0.15) is 0 Å². The third-order valence-corrected chi connectivity index (χ3v) is 6.75. The number of urea groups is 1. The highest BCUT2D eigenvalue weighted by Gasteiger charge is 2.44. The molecule has 0 unspecified atom stereocenters. The van der Waals surface area contributed by atoms with E-state index in [1.54, 1.807) is 12.1 Å². The van der Waals surface area contributed by atoms with Gasteiger partial charge in [-0.05, 0) is 43.0 Å². The molecule has 1 fully saturated rings. The Balaban J connectivity index is 1.86. The minimum absolute atomic E-state index is 0.0314. The zero-order chi connectivity index (χ0) is 20.6. The van der Waals surface area contributed by atoms with Crippen LogP contribution in [0.4, 0.5) is 10.5 Å². The standard InChI is InChI=1S/C18H24N4O5S/c1-4-9-21-16(23)17(24)22(18(21)25)12-20-10-5-6-13-11-14(7-8-15(13)20)28(26,27)19(2)3/h7-8,11H,4-6,9-10,12H2,1-3H3. The summed E-state index contributed by atoms with van der Waals surface area (Å²) in [7, 11) is -0.590. The van der Waals surface area contributed by atoms with E-state index < -0.39 is 27.9 Å². The molecule has 2 heterocycles. The number of aryl methyl sites for hydroxylation is 1. The van der Waals surface area contributed by atoms with Crippen molar-refractivity contribution in [1.82, 2.24) is 14.1 Å². The second-order valence-electron chi connectivity index (χ2n) is 7.06. The van der Waals surface area contributed by atoms with E-state index in [4.69, 9.17) is 0 Å². The van der Waals surface area contributed by atoms with Crippen molar-refractivity contribution in [3.63, 3.8) is 0 Å². The van der Waals surface area contributed by atoms with Crippen molar-refractivity contribution in [2.75, 3.05) is 38.8 Å². The summed E-state index contributed by atoms with van der Waals surface area (Å²) in [6.07, 6.45) is 2.03. The van der Waals surface area contributed by atoms with Crippen LogP contribution in [-0.4, -0.2) is 74.2 Å². The summed E-state index contributed by atoms with van der Waals surface area (Å²) in [6, 6.07) is 4.26. The first kappa shape index (κ1) is 20.3. The number of sulfonamides is 1. The average Bonchev–Trinajstić information content (AvgIpc) is 2.86.